The largest absolute Gasteiger partial charge is 0.481 e. The number of ether oxygens (including phenoxy) is 1. The first-order chi connectivity index (χ1) is 10.8. The van der Waals surface area contributed by atoms with E-state index in [2.05, 4.69) is 25.3 Å². The lowest BCUT2D eigenvalue weighted by Gasteiger charge is -1.95. The zero-order valence-electron chi connectivity index (χ0n) is 11.7. The fourth-order valence-electron chi connectivity index (χ4n) is 2.18. The van der Waals surface area contributed by atoms with E-state index >= 15 is 0 Å². The van der Waals surface area contributed by atoms with Crippen LogP contribution in [-0.4, -0.2) is 37.1 Å². The standard InChI is InChI=1S/C14H12N6OS/c1-21-13-5-4-9-14(17-13)16-12(15-9)8-20-7-10(18-19-20)11-3-2-6-22-11/h2-7H,8H2,1H3,(H,15,16,17). The van der Waals surface area contributed by atoms with Gasteiger partial charge < -0.3 is 9.72 Å². The molecule has 0 radical (unpaired) electrons. The average molecular weight is 312 g/mol. The summed E-state index contributed by atoms with van der Waals surface area (Å²) in [5, 5.41) is 10.3. The Morgan fingerprint density at radius 1 is 1.27 bits per heavy atom. The van der Waals surface area contributed by atoms with Gasteiger partial charge in [-0.3, -0.25) is 0 Å². The van der Waals surface area contributed by atoms with E-state index in [9.17, 15) is 0 Å². The van der Waals surface area contributed by atoms with Crippen molar-refractivity contribution in [2.75, 3.05) is 7.11 Å². The summed E-state index contributed by atoms with van der Waals surface area (Å²) in [5.74, 6) is 1.32. The Morgan fingerprint density at radius 3 is 3.05 bits per heavy atom. The molecule has 7 nitrogen and oxygen atoms in total. The smallest absolute Gasteiger partial charge is 0.215 e. The normalized spacial score (nSPS) is 11.1. The molecule has 0 unspecified atom stereocenters. The van der Waals surface area contributed by atoms with Gasteiger partial charge >= 0.3 is 0 Å². The van der Waals surface area contributed by atoms with E-state index in [1.54, 1.807) is 29.2 Å². The molecule has 0 bridgehead atoms. The van der Waals surface area contributed by atoms with Gasteiger partial charge in [0.1, 0.15) is 18.1 Å². The van der Waals surface area contributed by atoms with E-state index in [0.717, 1.165) is 21.9 Å². The summed E-state index contributed by atoms with van der Waals surface area (Å²) in [4.78, 5) is 13.1. The van der Waals surface area contributed by atoms with Crippen LogP contribution in [0.25, 0.3) is 21.7 Å². The molecule has 4 aromatic heterocycles. The molecule has 0 aliphatic carbocycles. The van der Waals surface area contributed by atoms with Crippen molar-refractivity contribution in [1.82, 2.24) is 29.9 Å². The number of fused-ring (bicyclic) bond motifs is 1. The molecule has 0 aliphatic rings. The van der Waals surface area contributed by atoms with E-state index in [4.69, 9.17) is 4.74 Å². The lowest BCUT2D eigenvalue weighted by molar-refractivity contribution is 0.399. The Labute approximate surface area is 129 Å². The highest BCUT2D eigenvalue weighted by molar-refractivity contribution is 7.13. The first-order valence-corrected chi connectivity index (χ1v) is 7.53. The molecule has 4 aromatic rings. The SMILES string of the molecule is COc1ccc2[nH]c(Cn3cc(-c4cccs4)nn3)nc2n1. The lowest BCUT2D eigenvalue weighted by Crippen LogP contribution is -2.02. The molecular formula is C14H12N6OS. The van der Waals surface area contributed by atoms with E-state index < -0.39 is 0 Å². The zero-order chi connectivity index (χ0) is 14.9. The third kappa shape index (κ3) is 2.33. The predicted octanol–water partition coefficient (Wildman–Crippen LogP) is 2.33. The lowest BCUT2D eigenvalue weighted by atomic mass is 10.4. The average Bonchev–Trinajstić information content (AvgIpc) is 3.26. The van der Waals surface area contributed by atoms with Crippen molar-refractivity contribution in [2.45, 2.75) is 6.54 Å². The van der Waals surface area contributed by atoms with E-state index in [0.29, 0.717) is 18.1 Å². The number of methoxy groups -OCH3 is 1. The van der Waals surface area contributed by atoms with Crippen LogP contribution in [0.5, 0.6) is 5.88 Å². The summed E-state index contributed by atoms with van der Waals surface area (Å²) in [6, 6.07) is 7.72. The van der Waals surface area contributed by atoms with Crippen LogP contribution in [0.15, 0.2) is 35.8 Å². The van der Waals surface area contributed by atoms with Crippen molar-refractivity contribution in [3.05, 3.63) is 41.7 Å². The van der Waals surface area contributed by atoms with Gasteiger partial charge in [0.2, 0.25) is 5.88 Å². The summed E-state index contributed by atoms with van der Waals surface area (Å²) in [6.45, 7) is 0.511. The van der Waals surface area contributed by atoms with Crippen molar-refractivity contribution < 1.29 is 4.74 Å². The van der Waals surface area contributed by atoms with Gasteiger partial charge in [0.25, 0.3) is 0 Å². The molecule has 110 valence electrons. The first kappa shape index (κ1) is 13.0. The topological polar surface area (TPSA) is 81.5 Å². The number of H-pyrrole nitrogens is 1. The molecule has 0 atom stereocenters. The summed E-state index contributed by atoms with van der Waals surface area (Å²) < 4.78 is 6.86. The molecule has 0 saturated carbocycles. The van der Waals surface area contributed by atoms with Gasteiger partial charge in [-0.2, -0.15) is 4.98 Å². The molecule has 4 rings (SSSR count). The molecule has 0 aromatic carbocycles. The van der Waals surface area contributed by atoms with E-state index in [-0.39, 0.29) is 0 Å². The molecule has 22 heavy (non-hydrogen) atoms. The maximum atomic E-state index is 5.10. The Bertz CT molecular complexity index is 911. The number of nitrogens with one attached hydrogen (secondary N) is 1. The van der Waals surface area contributed by atoms with Crippen molar-refractivity contribution in [3.63, 3.8) is 0 Å². The summed E-state index contributed by atoms with van der Waals surface area (Å²) in [5.41, 5.74) is 2.37. The Balaban J connectivity index is 1.60. The van der Waals surface area contributed by atoms with Crippen molar-refractivity contribution in [3.8, 4) is 16.5 Å². The Hall–Kier alpha value is -2.74. The Morgan fingerprint density at radius 2 is 2.23 bits per heavy atom. The van der Waals surface area contributed by atoms with Gasteiger partial charge in [-0.05, 0) is 17.5 Å². The van der Waals surface area contributed by atoms with Crippen LogP contribution in [0.4, 0.5) is 0 Å². The van der Waals surface area contributed by atoms with E-state index in [1.807, 2.05) is 29.8 Å². The van der Waals surface area contributed by atoms with Gasteiger partial charge in [-0.1, -0.05) is 11.3 Å². The molecule has 1 N–H and O–H groups in total. The number of nitrogens with zero attached hydrogens (tertiary/aromatic N) is 5. The van der Waals surface area contributed by atoms with Crippen molar-refractivity contribution >= 4 is 22.5 Å². The quantitative estimate of drug-likeness (QED) is 0.625. The molecule has 4 heterocycles. The minimum Gasteiger partial charge on any atom is -0.481 e. The second-order valence-electron chi connectivity index (χ2n) is 4.69. The molecule has 0 spiro atoms. The zero-order valence-corrected chi connectivity index (χ0v) is 12.5. The third-order valence-electron chi connectivity index (χ3n) is 3.20. The van der Waals surface area contributed by atoms with Crippen LogP contribution < -0.4 is 4.74 Å². The second-order valence-corrected chi connectivity index (χ2v) is 5.63. The number of imidazole rings is 1. The number of pyridine rings is 1. The summed E-state index contributed by atoms with van der Waals surface area (Å²) >= 11 is 1.64. The maximum absolute atomic E-state index is 5.10. The number of aromatic amines is 1. The van der Waals surface area contributed by atoms with Crippen LogP contribution in [0.2, 0.25) is 0 Å². The molecule has 0 saturated heterocycles. The number of thiophene rings is 1. The van der Waals surface area contributed by atoms with Gasteiger partial charge in [0, 0.05) is 6.07 Å². The molecule has 0 amide bonds. The maximum Gasteiger partial charge on any atom is 0.215 e. The molecular weight excluding hydrogens is 300 g/mol. The highest BCUT2D eigenvalue weighted by Gasteiger charge is 2.09. The second kappa shape index (κ2) is 5.23. The van der Waals surface area contributed by atoms with Gasteiger partial charge in [-0.15, -0.1) is 16.4 Å². The third-order valence-corrected chi connectivity index (χ3v) is 4.09. The van der Waals surface area contributed by atoms with Crippen LogP contribution in [0.3, 0.4) is 0 Å². The van der Waals surface area contributed by atoms with Gasteiger partial charge in [0.05, 0.1) is 23.7 Å². The van der Waals surface area contributed by atoms with Crippen LogP contribution in [-0.2, 0) is 6.54 Å². The summed E-state index contributed by atoms with van der Waals surface area (Å²) in [6.07, 6.45) is 1.91. The fraction of sp³-hybridized carbons (Fsp3) is 0.143. The highest BCUT2D eigenvalue weighted by Crippen LogP contribution is 2.22. The van der Waals surface area contributed by atoms with Crippen molar-refractivity contribution in [1.29, 1.82) is 0 Å². The molecule has 8 heteroatoms. The number of hydrogen-bond donors (Lipinski definition) is 1. The van der Waals surface area contributed by atoms with Crippen LogP contribution in [0, 0.1) is 0 Å². The van der Waals surface area contributed by atoms with E-state index in [1.165, 1.54) is 0 Å². The monoisotopic (exact) mass is 312 g/mol. The number of rotatable bonds is 4. The molecule has 0 aliphatic heterocycles. The minimum absolute atomic E-state index is 0.511. The predicted molar refractivity (Wildman–Crippen MR) is 82.9 cm³/mol. The van der Waals surface area contributed by atoms with Crippen LogP contribution >= 0.6 is 11.3 Å². The van der Waals surface area contributed by atoms with Crippen molar-refractivity contribution in [2.24, 2.45) is 0 Å². The summed E-state index contributed by atoms with van der Waals surface area (Å²) in [7, 11) is 1.59. The fourth-order valence-corrected chi connectivity index (χ4v) is 2.86. The Kier molecular flexibility index (Phi) is 3.08. The number of hydrogen-bond acceptors (Lipinski definition) is 6. The highest BCUT2D eigenvalue weighted by atomic mass is 32.1. The van der Waals surface area contributed by atoms with Gasteiger partial charge in [-0.25, -0.2) is 9.67 Å². The minimum atomic E-state index is 0.511. The molecule has 0 fully saturated rings. The van der Waals surface area contributed by atoms with Gasteiger partial charge in [0.15, 0.2) is 5.65 Å². The first-order valence-electron chi connectivity index (χ1n) is 6.65. The van der Waals surface area contributed by atoms with Crippen LogP contribution in [0.1, 0.15) is 5.82 Å². The number of aromatic nitrogens is 6.